The first kappa shape index (κ1) is 19.0. The molecule has 6 nitrogen and oxygen atoms in total. The van der Waals surface area contributed by atoms with E-state index in [1.54, 1.807) is 24.3 Å². The minimum Gasteiger partial charge on any atom is -0.467 e. The van der Waals surface area contributed by atoms with E-state index in [0.717, 1.165) is 5.56 Å². The molecule has 0 aliphatic rings. The van der Waals surface area contributed by atoms with Crippen molar-refractivity contribution in [3.05, 3.63) is 41.2 Å². The number of halogens is 1. The van der Waals surface area contributed by atoms with Gasteiger partial charge >= 0.3 is 5.97 Å². The first-order valence-corrected chi connectivity index (χ1v) is 8.34. The second-order valence-corrected chi connectivity index (χ2v) is 6.54. The molecule has 2 rings (SSSR count). The van der Waals surface area contributed by atoms with Crippen LogP contribution in [-0.2, 0) is 20.7 Å². The highest BCUT2D eigenvalue weighted by molar-refractivity contribution is 6.30. The van der Waals surface area contributed by atoms with Crippen LogP contribution in [-0.4, -0.2) is 30.0 Å². The fourth-order valence-corrected chi connectivity index (χ4v) is 2.48. The zero-order valence-electron chi connectivity index (χ0n) is 14.4. The molecule has 0 spiro atoms. The van der Waals surface area contributed by atoms with E-state index in [9.17, 15) is 9.59 Å². The maximum absolute atomic E-state index is 12.2. The van der Waals surface area contributed by atoms with Crippen LogP contribution < -0.4 is 5.32 Å². The van der Waals surface area contributed by atoms with Crippen molar-refractivity contribution in [2.75, 3.05) is 7.11 Å². The number of carbonyl (C=O) groups excluding carboxylic acids is 2. The van der Waals surface area contributed by atoms with E-state index < -0.39 is 12.0 Å². The molecular formula is C18H21ClN2O4. The van der Waals surface area contributed by atoms with Crippen LogP contribution in [0.1, 0.15) is 26.0 Å². The molecular weight excluding hydrogens is 344 g/mol. The topological polar surface area (TPSA) is 81.4 Å². The van der Waals surface area contributed by atoms with Crippen molar-refractivity contribution < 1.29 is 18.7 Å². The Hall–Kier alpha value is -2.34. The molecule has 1 heterocycles. The Morgan fingerprint density at radius 3 is 2.56 bits per heavy atom. The second-order valence-electron chi connectivity index (χ2n) is 6.10. The first-order valence-electron chi connectivity index (χ1n) is 7.96. The van der Waals surface area contributed by atoms with E-state index in [2.05, 4.69) is 10.3 Å². The average Bonchev–Trinajstić information content (AvgIpc) is 3.02. The summed E-state index contributed by atoms with van der Waals surface area (Å²) in [6.07, 6.45) is 1.95. The molecule has 25 heavy (non-hydrogen) atoms. The molecule has 0 aliphatic carbocycles. The van der Waals surface area contributed by atoms with Crippen LogP contribution in [0.3, 0.4) is 0 Å². The molecule has 2 aromatic rings. The quantitative estimate of drug-likeness (QED) is 0.763. The number of hydrogen-bond acceptors (Lipinski definition) is 5. The molecule has 0 saturated heterocycles. The molecule has 0 aliphatic heterocycles. The maximum Gasteiger partial charge on any atom is 0.328 e. The molecule has 1 unspecified atom stereocenters. The van der Waals surface area contributed by atoms with Crippen molar-refractivity contribution in [1.29, 1.82) is 0 Å². The molecule has 1 aromatic carbocycles. The van der Waals surface area contributed by atoms with Gasteiger partial charge in [0, 0.05) is 10.6 Å². The molecule has 0 fully saturated rings. The number of ether oxygens (including phenoxy) is 1. The lowest BCUT2D eigenvalue weighted by molar-refractivity contribution is -0.145. The molecule has 7 heteroatoms. The van der Waals surface area contributed by atoms with Gasteiger partial charge in [-0.15, -0.1) is 0 Å². The van der Waals surface area contributed by atoms with Gasteiger partial charge in [0.1, 0.15) is 12.3 Å². The number of amides is 1. The third kappa shape index (κ3) is 5.60. The number of benzene rings is 1. The Morgan fingerprint density at radius 1 is 1.28 bits per heavy atom. The van der Waals surface area contributed by atoms with E-state index >= 15 is 0 Å². The maximum atomic E-state index is 12.2. The molecule has 1 N–H and O–H groups in total. The predicted octanol–water partition coefficient (Wildman–Crippen LogP) is 3.24. The number of carbonyl (C=O) groups is 2. The van der Waals surface area contributed by atoms with Gasteiger partial charge in [-0.05, 0) is 36.6 Å². The zero-order chi connectivity index (χ0) is 18.4. The Bertz CT molecular complexity index is 725. The summed E-state index contributed by atoms with van der Waals surface area (Å²) in [5.74, 6) is -0.116. The molecule has 1 amide bonds. The lowest BCUT2D eigenvalue weighted by atomic mass is 10.0. The van der Waals surface area contributed by atoms with Crippen LogP contribution in [0.5, 0.6) is 0 Å². The summed E-state index contributed by atoms with van der Waals surface area (Å²) in [6.45, 7) is 3.94. The Balaban J connectivity index is 2.00. The molecule has 0 radical (unpaired) electrons. The highest BCUT2D eigenvalue weighted by Gasteiger charge is 2.23. The normalized spacial score (nSPS) is 12.0. The Morgan fingerprint density at radius 2 is 1.96 bits per heavy atom. The van der Waals surface area contributed by atoms with Crippen molar-refractivity contribution in [2.45, 2.75) is 32.7 Å². The average molecular weight is 365 g/mol. The SMILES string of the molecule is COC(=O)C(CC(C)C)NC(=O)Cc1coc(-c2ccc(Cl)cc2)n1. The number of nitrogens with zero attached hydrogens (tertiary/aromatic N) is 1. The fraction of sp³-hybridized carbons (Fsp3) is 0.389. The van der Waals surface area contributed by atoms with Gasteiger partial charge in [-0.25, -0.2) is 9.78 Å². The standard InChI is InChI=1S/C18H21ClN2O4/c1-11(2)8-15(18(23)24-3)21-16(22)9-14-10-25-17(20-14)12-4-6-13(19)7-5-12/h4-7,10-11,15H,8-9H2,1-3H3,(H,21,22). The van der Waals surface area contributed by atoms with Crippen LogP contribution in [0, 0.1) is 5.92 Å². The summed E-state index contributed by atoms with van der Waals surface area (Å²) in [7, 11) is 1.30. The minimum atomic E-state index is -0.667. The smallest absolute Gasteiger partial charge is 0.328 e. The third-order valence-electron chi connectivity index (χ3n) is 3.51. The van der Waals surface area contributed by atoms with Gasteiger partial charge in [0.15, 0.2) is 0 Å². The second kappa shape index (κ2) is 8.67. The van der Waals surface area contributed by atoms with Crippen LogP contribution in [0.4, 0.5) is 0 Å². The van der Waals surface area contributed by atoms with Crippen molar-refractivity contribution in [3.63, 3.8) is 0 Å². The van der Waals surface area contributed by atoms with Crippen molar-refractivity contribution in [2.24, 2.45) is 5.92 Å². The zero-order valence-corrected chi connectivity index (χ0v) is 15.2. The van der Waals surface area contributed by atoms with Crippen LogP contribution in [0.2, 0.25) is 5.02 Å². The number of nitrogens with one attached hydrogen (secondary N) is 1. The van der Waals surface area contributed by atoms with Gasteiger partial charge in [0.05, 0.1) is 19.2 Å². The molecule has 1 atom stereocenters. The molecule has 0 saturated carbocycles. The monoisotopic (exact) mass is 364 g/mol. The summed E-state index contributed by atoms with van der Waals surface area (Å²) in [6, 6.07) is 6.38. The fourth-order valence-electron chi connectivity index (χ4n) is 2.35. The van der Waals surface area contributed by atoms with Crippen LogP contribution in [0.15, 0.2) is 34.9 Å². The number of esters is 1. The van der Waals surface area contributed by atoms with Gasteiger partial charge in [0.25, 0.3) is 0 Å². The van der Waals surface area contributed by atoms with Gasteiger partial charge in [-0.1, -0.05) is 25.4 Å². The molecule has 134 valence electrons. The van der Waals surface area contributed by atoms with Gasteiger partial charge in [-0.3, -0.25) is 4.79 Å². The summed E-state index contributed by atoms with van der Waals surface area (Å²) in [5, 5.41) is 3.31. The van der Waals surface area contributed by atoms with Crippen LogP contribution >= 0.6 is 11.6 Å². The lowest BCUT2D eigenvalue weighted by Gasteiger charge is -2.17. The van der Waals surface area contributed by atoms with E-state index in [1.807, 2.05) is 13.8 Å². The summed E-state index contributed by atoms with van der Waals surface area (Å²) in [5.41, 5.74) is 1.25. The predicted molar refractivity (Wildman–Crippen MR) is 94.1 cm³/mol. The third-order valence-corrected chi connectivity index (χ3v) is 3.76. The number of aromatic nitrogens is 1. The molecule has 0 bridgehead atoms. The summed E-state index contributed by atoms with van der Waals surface area (Å²) in [4.78, 5) is 28.3. The van der Waals surface area contributed by atoms with Crippen molar-refractivity contribution in [3.8, 4) is 11.5 Å². The number of rotatable bonds is 7. The number of hydrogen-bond donors (Lipinski definition) is 1. The van der Waals surface area contributed by atoms with E-state index in [-0.39, 0.29) is 18.2 Å². The van der Waals surface area contributed by atoms with Gasteiger partial charge in [-0.2, -0.15) is 0 Å². The highest BCUT2D eigenvalue weighted by Crippen LogP contribution is 2.21. The van der Waals surface area contributed by atoms with E-state index in [0.29, 0.717) is 23.0 Å². The minimum absolute atomic E-state index is 0.0165. The summed E-state index contributed by atoms with van der Waals surface area (Å²) >= 11 is 5.85. The Labute approximate surface area is 151 Å². The van der Waals surface area contributed by atoms with Gasteiger partial charge < -0.3 is 14.5 Å². The lowest BCUT2D eigenvalue weighted by Crippen LogP contribution is -2.43. The van der Waals surface area contributed by atoms with Crippen LogP contribution in [0.25, 0.3) is 11.5 Å². The van der Waals surface area contributed by atoms with Crippen molar-refractivity contribution >= 4 is 23.5 Å². The van der Waals surface area contributed by atoms with E-state index in [1.165, 1.54) is 13.4 Å². The van der Waals surface area contributed by atoms with Crippen molar-refractivity contribution in [1.82, 2.24) is 10.3 Å². The Kier molecular flexibility index (Phi) is 6.58. The highest BCUT2D eigenvalue weighted by atomic mass is 35.5. The number of methoxy groups -OCH3 is 1. The molecule has 1 aromatic heterocycles. The first-order chi connectivity index (χ1) is 11.9. The van der Waals surface area contributed by atoms with E-state index in [4.69, 9.17) is 20.8 Å². The number of oxazole rings is 1. The largest absolute Gasteiger partial charge is 0.467 e. The van der Waals surface area contributed by atoms with Gasteiger partial charge in [0.2, 0.25) is 11.8 Å². The summed E-state index contributed by atoms with van der Waals surface area (Å²) < 4.78 is 10.1.